The van der Waals surface area contributed by atoms with E-state index in [1.165, 1.54) is 6.42 Å². The molecule has 6 nitrogen and oxygen atoms in total. The fraction of sp³-hybridized carbons (Fsp3) is 0.536. The summed E-state index contributed by atoms with van der Waals surface area (Å²) in [5, 5.41) is 2.01. The van der Waals surface area contributed by atoms with Crippen molar-refractivity contribution in [2.45, 2.75) is 57.9 Å². The van der Waals surface area contributed by atoms with E-state index in [9.17, 15) is 14.4 Å². The van der Waals surface area contributed by atoms with E-state index in [1.54, 1.807) is 11.3 Å². The van der Waals surface area contributed by atoms with Crippen LogP contribution in [0.1, 0.15) is 61.4 Å². The van der Waals surface area contributed by atoms with Gasteiger partial charge in [0.15, 0.2) is 0 Å². The molecule has 0 saturated carbocycles. The number of carbonyl (C=O) groups excluding carboxylic acids is 3. The quantitative estimate of drug-likeness (QED) is 0.615. The van der Waals surface area contributed by atoms with E-state index in [0.29, 0.717) is 25.9 Å². The van der Waals surface area contributed by atoms with Crippen LogP contribution in [0.4, 0.5) is 5.69 Å². The van der Waals surface area contributed by atoms with E-state index in [2.05, 4.69) is 0 Å². The number of amides is 3. The number of hydrogen-bond acceptors (Lipinski definition) is 4. The zero-order valence-corrected chi connectivity index (χ0v) is 21.3. The first-order chi connectivity index (χ1) is 17.0. The lowest BCUT2D eigenvalue weighted by atomic mass is 9.85. The lowest BCUT2D eigenvalue weighted by molar-refractivity contribution is -0.144. The molecule has 0 spiro atoms. The Bertz CT molecular complexity index is 1040. The highest BCUT2D eigenvalue weighted by atomic mass is 32.1. The molecule has 4 heterocycles. The number of benzene rings is 1. The molecule has 7 heteroatoms. The van der Waals surface area contributed by atoms with Crippen molar-refractivity contribution in [3.05, 3.63) is 52.2 Å². The molecule has 3 amide bonds. The Morgan fingerprint density at radius 1 is 0.857 bits per heavy atom. The minimum absolute atomic E-state index is 0.0298. The molecular formula is C28H35N3O3S. The molecule has 1 aromatic carbocycles. The molecule has 35 heavy (non-hydrogen) atoms. The molecule has 3 saturated heterocycles. The number of thiophene rings is 1. The second kappa shape index (κ2) is 10.5. The summed E-state index contributed by atoms with van der Waals surface area (Å²) in [5.74, 6) is 0.227. The van der Waals surface area contributed by atoms with Crippen molar-refractivity contribution >= 4 is 34.7 Å². The summed E-state index contributed by atoms with van der Waals surface area (Å²) in [6.07, 6.45) is 5.82. The van der Waals surface area contributed by atoms with Crippen molar-refractivity contribution in [2.24, 2.45) is 11.8 Å². The second-order valence-electron chi connectivity index (χ2n) is 10.2. The number of hydrogen-bond donors (Lipinski definition) is 0. The third kappa shape index (κ3) is 5.01. The number of carbonyl (C=O) groups is 3. The molecule has 0 radical (unpaired) electrons. The minimum Gasteiger partial charge on any atom is -0.342 e. The number of rotatable bonds is 4. The molecule has 0 N–H and O–H groups in total. The molecule has 2 unspecified atom stereocenters. The molecule has 2 aromatic rings. The first-order valence-corrected chi connectivity index (χ1v) is 13.9. The van der Waals surface area contributed by atoms with E-state index in [1.807, 2.05) is 63.4 Å². The van der Waals surface area contributed by atoms with E-state index in [-0.39, 0.29) is 35.6 Å². The number of aryl methyl sites for hydroxylation is 1. The molecular weight excluding hydrogens is 458 g/mol. The minimum atomic E-state index is -0.292. The Hall–Kier alpha value is -2.67. The van der Waals surface area contributed by atoms with Gasteiger partial charge in [-0.2, -0.15) is 0 Å². The molecule has 3 aliphatic rings. The summed E-state index contributed by atoms with van der Waals surface area (Å²) in [4.78, 5) is 46.9. The summed E-state index contributed by atoms with van der Waals surface area (Å²) in [5.41, 5.74) is 1.99. The van der Waals surface area contributed by atoms with Crippen LogP contribution in [0.2, 0.25) is 0 Å². The molecule has 186 valence electrons. The summed E-state index contributed by atoms with van der Waals surface area (Å²) < 4.78 is 0. The third-order valence-corrected chi connectivity index (χ3v) is 8.83. The maximum absolute atomic E-state index is 13.9. The van der Waals surface area contributed by atoms with E-state index in [4.69, 9.17) is 0 Å². The summed E-state index contributed by atoms with van der Waals surface area (Å²) in [6.45, 7) is 5.03. The number of piperidine rings is 3. The Morgan fingerprint density at radius 2 is 1.54 bits per heavy atom. The molecule has 0 bridgehead atoms. The van der Waals surface area contributed by atoms with E-state index in [0.717, 1.165) is 54.9 Å². The fourth-order valence-electron chi connectivity index (χ4n) is 5.90. The summed E-state index contributed by atoms with van der Waals surface area (Å²) >= 11 is 1.61. The Kier molecular flexibility index (Phi) is 7.23. The van der Waals surface area contributed by atoms with Crippen molar-refractivity contribution in [2.75, 3.05) is 31.1 Å². The number of nitrogens with zero attached hydrogens (tertiary/aromatic N) is 3. The highest BCUT2D eigenvalue weighted by Crippen LogP contribution is 2.42. The predicted octanol–water partition coefficient (Wildman–Crippen LogP) is 4.79. The van der Waals surface area contributed by atoms with Gasteiger partial charge in [0.25, 0.3) is 0 Å². The lowest BCUT2D eigenvalue weighted by Gasteiger charge is -2.43. The number of likely N-dealkylation sites (tertiary alicyclic amines) is 2. The standard InChI is InChI=1S/C28H35N3O3S/c1-20-7-9-22(10-8-20)31-25(32)12-11-23(26(31)24-6-5-19-35-24)28(34)30-17-13-21(14-18-30)27(33)29-15-3-2-4-16-29/h5-10,19,21,23,26H,2-4,11-18H2,1H3. The van der Waals surface area contributed by atoms with Crippen LogP contribution in [0.25, 0.3) is 0 Å². The molecule has 0 aliphatic carbocycles. The Labute approximate surface area is 211 Å². The van der Waals surface area contributed by atoms with Gasteiger partial charge in [0.2, 0.25) is 17.7 Å². The fourth-order valence-corrected chi connectivity index (χ4v) is 6.78. The number of anilines is 1. The first-order valence-electron chi connectivity index (χ1n) is 13.0. The molecule has 1 aromatic heterocycles. The van der Waals surface area contributed by atoms with Crippen LogP contribution in [-0.2, 0) is 14.4 Å². The highest BCUT2D eigenvalue weighted by Gasteiger charge is 2.44. The van der Waals surface area contributed by atoms with Gasteiger partial charge in [-0.15, -0.1) is 11.3 Å². The highest BCUT2D eigenvalue weighted by molar-refractivity contribution is 7.10. The van der Waals surface area contributed by atoms with Crippen LogP contribution in [0.5, 0.6) is 0 Å². The lowest BCUT2D eigenvalue weighted by Crippen LogP contribution is -2.51. The van der Waals surface area contributed by atoms with Gasteiger partial charge >= 0.3 is 0 Å². The van der Waals surface area contributed by atoms with Gasteiger partial charge in [-0.05, 0) is 69.0 Å². The van der Waals surface area contributed by atoms with Crippen LogP contribution >= 0.6 is 11.3 Å². The van der Waals surface area contributed by atoms with Crippen molar-refractivity contribution in [1.29, 1.82) is 0 Å². The second-order valence-corrected chi connectivity index (χ2v) is 11.2. The average Bonchev–Trinajstić information content (AvgIpc) is 3.44. The third-order valence-electron chi connectivity index (χ3n) is 7.88. The molecule has 3 aliphatic heterocycles. The van der Waals surface area contributed by atoms with Crippen molar-refractivity contribution < 1.29 is 14.4 Å². The van der Waals surface area contributed by atoms with Crippen molar-refractivity contribution in [3.8, 4) is 0 Å². The van der Waals surface area contributed by atoms with Gasteiger partial charge in [0, 0.05) is 49.1 Å². The average molecular weight is 494 g/mol. The van der Waals surface area contributed by atoms with Crippen LogP contribution in [0.3, 0.4) is 0 Å². The van der Waals surface area contributed by atoms with Gasteiger partial charge in [0.05, 0.1) is 12.0 Å². The van der Waals surface area contributed by atoms with Gasteiger partial charge in [-0.25, -0.2) is 0 Å². The van der Waals surface area contributed by atoms with Crippen molar-refractivity contribution in [3.63, 3.8) is 0 Å². The molecule has 3 fully saturated rings. The Morgan fingerprint density at radius 3 is 2.20 bits per heavy atom. The normalized spacial score (nSPS) is 24.0. The van der Waals surface area contributed by atoms with Gasteiger partial charge in [0.1, 0.15) is 0 Å². The largest absolute Gasteiger partial charge is 0.342 e. The van der Waals surface area contributed by atoms with Crippen LogP contribution in [0.15, 0.2) is 41.8 Å². The van der Waals surface area contributed by atoms with E-state index >= 15 is 0 Å². The summed E-state index contributed by atoms with van der Waals surface area (Å²) in [7, 11) is 0. The predicted molar refractivity (Wildman–Crippen MR) is 138 cm³/mol. The van der Waals surface area contributed by atoms with Gasteiger partial charge in [-0.1, -0.05) is 23.8 Å². The monoisotopic (exact) mass is 493 g/mol. The van der Waals surface area contributed by atoms with Gasteiger partial charge < -0.3 is 14.7 Å². The smallest absolute Gasteiger partial charge is 0.228 e. The zero-order valence-electron chi connectivity index (χ0n) is 20.5. The van der Waals surface area contributed by atoms with Crippen molar-refractivity contribution in [1.82, 2.24) is 9.80 Å². The maximum Gasteiger partial charge on any atom is 0.228 e. The summed E-state index contributed by atoms with van der Waals surface area (Å²) in [6, 6.07) is 11.7. The Balaban J connectivity index is 1.32. The maximum atomic E-state index is 13.9. The van der Waals surface area contributed by atoms with E-state index < -0.39 is 0 Å². The van der Waals surface area contributed by atoms with Crippen LogP contribution in [0, 0.1) is 18.8 Å². The molecule has 2 atom stereocenters. The van der Waals surface area contributed by atoms with Crippen LogP contribution < -0.4 is 4.90 Å². The van der Waals surface area contributed by atoms with Crippen LogP contribution in [-0.4, -0.2) is 53.7 Å². The zero-order chi connectivity index (χ0) is 24.4. The molecule has 5 rings (SSSR count). The first kappa shape index (κ1) is 24.0. The topological polar surface area (TPSA) is 60.9 Å². The van der Waals surface area contributed by atoms with Gasteiger partial charge in [-0.3, -0.25) is 14.4 Å². The SMILES string of the molecule is Cc1ccc(N2C(=O)CCC(C(=O)N3CCC(C(=O)N4CCCCC4)CC3)C2c2cccs2)cc1.